The van der Waals surface area contributed by atoms with Crippen LogP contribution in [0, 0.1) is 11.8 Å². The Morgan fingerprint density at radius 3 is 2.58 bits per heavy atom. The number of hydrogen-bond acceptors (Lipinski definition) is 2. The van der Waals surface area contributed by atoms with E-state index in [4.69, 9.17) is 0 Å². The van der Waals surface area contributed by atoms with Gasteiger partial charge in [0.1, 0.15) is 0 Å². The van der Waals surface area contributed by atoms with Crippen molar-refractivity contribution >= 4 is 17.1 Å². The third-order valence-electron chi connectivity index (χ3n) is 6.16. The summed E-state index contributed by atoms with van der Waals surface area (Å²) in [5, 5.41) is 7.39. The smallest absolute Gasteiger partial charge is 0.0388 e. The van der Waals surface area contributed by atoms with E-state index in [9.17, 15) is 0 Å². The lowest BCUT2D eigenvalue weighted by Crippen LogP contribution is -2.48. The van der Waals surface area contributed by atoms with Crippen molar-refractivity contribution in [1.29, 1.82) is 0 Å². The minimum absolute atomic E-state index is 0.222. The molecule has 3 atom stereocenters. The maximum Gasteiger partial charge on any atom is 0.0388 e. The van der Waals surface area contributed by atoms with E-state index in [1.807, 2.05) is 0 Å². The fourth-order valence-electron chi connectivity index (χ4n) is 4.77. The van der Waals surface area contributed by atoms with E-state index in [0.29, 0.717) is 6.04 Å². The van der Waals surface area contributed by atoms with Crippen LogP contribution < -0.4 is 10.6 Å². The first-order chi connectivity index (χ1) is 11.5. The molecule has 4 rings (SSSR count). The van der Waals surface area contributed by atoms with Gasteiger partial charge in [-0.05, 0) is 66.0 Å². The SMILES string of the molecule is CC1CCC2C(C1)Nc1ccc(Nc3ccccc3)cc1C2(C)C. The molecule has 0 spiro atoms. The van der Waals surface area contributed by atoms with Crippen LogP contribution in [0.15, 0.2) is 48.5 Å². The Labute approximate surface area is 145 Å². The van der Waals surface area contributed by atoms with Gasteiger partial charge in [-0.1, -0.05) is 45.4 Å². The second-order valence-electron chi connectivity index (χ2n) is 8.25. The Bertz CT molecular complexity index is 720. The van der Waals surface area contributed by atoms with E-state index in [0.717, 1.165) is 17.5 Å². The molecular formula is C22H28N2. The maximum atomic E-state index is 3.85. The van der Waals surface area contributed by atoms with E-state index in [1.54, 1.807) is 0 Å². The maximum absolute atomic E-state index is 3.85. The van der Waals surface area contributed by atoms with Crippen molar-refractivity contribution in [2.75, 3.05) is 10.6 Å². The molecule has 24 heavy (non-hydrogen) atoms. The molecule has 2 aliphatic rings. The monoisotopic (exact) mass is 320 g/mol. The molecule has 0 radical (unpaired) electrons. The molecule has 0 amide bonds. The summed E-state index contributed by atoms with van der Waals surface area (Å²) in [7, 11) is 0. The van der Waals surface area contributed by atoms with Gasteiger partial charge in [0.15, 0.2) is 0 Å². The van der Waals surface area contributed by atoms with Crippen molar-refractivity contribution in [1.82, 2.24) is 0 Å². The van der Waals surface area contributed by atoms with Gasteiger partial charge in [-0.15, -0.1) is 0 Å². The van der Waals surface area contributed by atoms with E-state index >= 15 is 0 Å². The summed E-state index contributed by atoms with van der Waals surface area (Å²) >= 11 is 0. The number of anilines is 3. The Morgan fingerprint density at radius 2 is 1.79 bits per heavy atom. The third-order valence-corrected chi connectivity index (χ3v) is 6.16. The highest BCUT2D eigenvalue weighted by Gasteiger charge is 2.44. The molecule has 0 bridgehead atoms. The number of nitrogens with one attached hydrogen (secondary N) is 2. The average molecular weight is 320 g/mol. The minimum atomic E-state index is 0.222. The summed E-state index contributed by atoms with van der Waals surface area (Å²) in [4.78, 5) is 0. The first-order valence-corrected chi connectivity index (χ1v) is 9.27. The molecule has 3 unspecified atom stereocenters. The van der Waals surface area contributed by atoms with Crippen LogP contribution in [0.5, 0.6) is 0 Å². The summed E-state index contributed by atoms with van der Waals surface area (Å²) in [6.45, 7) is 7.27. The first kappa shape index (κ1) is 15.6. The first-order valence-electron chi connectivity index (χ1n) is 9.27. The molecule has 126 valence electrons. The molecule has 2 N–H and O–H groups in total. The highest BCUT2D eigenvalue weighted by atomic mass is 15.0. The molecule has 2 aromatic carbocycles. The zero-order chi connectivity index (χ0) is 16.7. The number of para-hydroxylation sites is 1. The van der Waals surface area contributed by atoms with Crippen molar-refractivity contribution in [3.05, 3.63) is 54.1 Å². The van der Waals surface area contributed by atoms with Crippen LogP contribution in [0.2, 0.25) is 0 Å². The quantitative estimate of drug-likeness (QED) is 0.715. The summed E-state index contributed by atoms with van der Waals surface area (Å²) in [6.07, 6.45) is 4.00. The average Bonchev–Trinajstić information content (AvgIpc) is 2.56. The molecule has 1 fully saturated rings. The molecule has 1 aliphatic heterocycles. The van der Waals surface area contributed by atoms with Gasteiger partial charge in [0.05, 0.1) is 0 Å². The number of rotatable bonds is 2. The Morgan fingerprint density at radius 1 is 1.00 bits per heavy atom. The Hall–Kier alpha value is -1.96. The van der Waals surface area contributed by atoms with Crippen LogP contribution in [0.4, 0.5) is 17.1 Å². The van der Waals surface area contributed by atoms with Crippen LogP contribution >= 0.6 is 0 Å². The van der Waals surface area contributed by atoms with Crippen LogP contribution in [0.3, 0.4) is 0 Å². The molecule has 1 aliphatic carbocycles. The normalized spacial score (nSPS) is 27.5. The Balaban J connectivity index is 1.66. The number of fused-ring (bicyclic) bond motifs is 2. The standard InChI is InChI=1S/C22H28N2/c1-15-9-11-18-21(13-15)24-20-12-10-17(14-19(20)22(18,2)3)23-16-7-5-4-6-8-16/h4-8,10,12,14-15,18,21,23-24H,9,11,13H2,1-3H3. The van der Waals surface area contributed by atoms with Crippen LogP contribution in [0.1, 0.15) is 45.6 Å². The van der Waals surface area contributed by atoms with Gasteiger partial charge < -0.3 is 10.6 Å². The molecule has 0 saturated heterocycles. The summed E-state index contributed by atoms with van der Waals surface area (Å²) < 4.78 is 0. The van der Waals surface area contributed by atoms with Crippen LogP contribution in [0.25, 0.3) is 0 Å². The topological polar surface area (TPSA) is 24.1 Å². The molecule has 0 aromatic heterocycles. The van der Waals surface area contributed by atoms with Crippen LogP contribution in [-0.2, 0) is 5.41 Å². The fraction of sp³-hybridized carbons (Fsp3) is 0.455. The summed E-state index contributed by atoms with van der Waals surface area (Å²) in [5.74, 6) is 1.57. The molecule has 2 heteroatoms. The molecule has 1 saturated carbocycles. The third kappa shape index (κ3) is 2.68. The zero-order valence-corrected chi connectivity index (χ0v) is 15.0. The second kappa shape index (κ2) is 5.84. The highest BCUT2D eigenvalue weighted by Crippen LogP contribution is 2.49. The predicted octanol–water partition coefficient (Wildman–Crippen LogP) is 5.94. The molecule has 1 heterocycles. The van der Waals surface area contributed by atoms with Crippen molar-refractivity contribution in [2.24, 2.45) is 11.8 Å². The van der Waals surface area contributed by atoms with Gasteiger partial charge in [-0.25, -0.2) is 0 Å². The van der Waals surface area contributed by atoms with Gasteiger partial charge in [-0.3, -0.25) is 0 Å². The lowest BCUT2D eigenvalue weighted by atomic mass is 9.61. The zero-order valence-electron chi connectivity index (χ0n) is 15.0. The van der Waals surface area contributed by atoms with E-state index < -0.39 is 0 Å². The van der Waals surface area contributed by atoms with Crippen LogP contribution in [-0.4, -0.2) is 6.04 Å². The predicted molar refractivity (Wildman–Crippen MR) is 103 cm³/mol. The van der Waals surface area contributed by atoms with Crippen molar-refractivity contribution in [2.45, 2.75) is 51.5 Å². The molecule has 2 nitrogen and oxygen atoms in total. The fourth-order valence-corrected chi connectivity index (χ4v) is 4.77. The molecular weight excluding hydrogens is 292 g/mol. The van der Waals surface area contributed by atoms with E-state index in [1.165, 1.54) is 36.2 Å². The Kier molecular flexibility index (Phi) is 3.79. The minimum Gasteiger partial charge on any atom is -0.382 e. The van der Waals surface area contributed by atoms with Gasteiger partial charge in [-0.2, -0.15) is 0 Å². The lowest BCUT2D eigenvalue weighted by molar-refractivity contribution is 0.174. The van der Waals surface area contributed by atoms with Crippen molar-refractivity contribution in [3.63, 3.8) is 0 Å². The number of benzene rings is 2. The second-order valence-corrected chi connectivity index (χ2v) is 8.25. The summed E-state index contributed by atoms with van der Waals surface area (Å²) in [5.41, 5.74) is 5.33. The summed E-state index contributed by atoms with van der Waals surface area (Å²) in [6, 6.07) is 17.9. The van der Waals surface area contributed by atoms with Gasteiger partial charge in [0, 0.05) is 23.1 Å². The largest absolute Gasteiger partial charge is 0.382 e. The van der Waals surface area contributed by atoms with E-state index in [2.05, 4.69) is 79.9 Å². The molecule has 2 aromatic rings. The van der Waals surface area contributed by atoms with E-state index in [-0.39, 0.29) is 5.41 Å². The van der Waals surface area contributed by atoms with Gasteiger partial charge >= 0.3 is 0 Å². The lowest BCUT2D eigenvalue weighted by Gasteiger charge is -2.50. The highest BCUT2D eigenvalue weighted by molar-refractivity contribution is 5.68. The number of hydrogen-bond donors (Lipinski definition) is 2. The van der Waals surface area contributed by atoms with Crippen molar-refractivity contribution < 1.29 is 0 Å². The van der Waals surface area contributed by atoms with Gasteiger partial charge in [0.2, 0.25) is 0 Å². The van der Waals surface area contributed by atoms with Crippen molar-refractivity contribution in [3.8, 4) is 0 Å². The van der Waals surface area contributed by atoms with Gasteiger partial charge in [0.25, 0.3) is 0 Å².